The smallest absolute Gasteiger partial charge is 0.240 e. The Morgan fingerprint density at radius 1 is 1.03 bits per heavy atom. The maximum atomic E-state index is 12.8. The van der Waals surface area contributed by atoms with Crippen LogP contribution < -0.4 is 9.62 Å². The Balaban J connectivity index is 1.62. The van der Waals surface area contributed by atoms with Crippen molar-refractivity contribution in [3.8, 4) is 0 Å². The van der Waals surface area contributed by atoms with Gasteiger partial charge in [0.05, 0.1) is 4.90 Å². The number of nitrogens with zero attached hydrogens (tertiary/aromatic N) is 2. The van der Waals surface area contributed by atoms with Gasteiger partial charge in [0, 0.05) is 44.2 Å². The highest BCUT2D eigenvalue weighted by Gasteiger charge is 2.27. The monoisotopic (exact) mass is 435 g/mol. The second kappa shape index (κ2) is 9.92. The normalized spacial score (nSPS) is 18.1. The van der Waals surface area contributed by atoms with Gasteiger partial charge in [-0.25, -0.2) is 13.1 Å². The zero-order valence-electron chi connectivity index (χ0n) is 18.0. The van der Waals surface area contributed by atoms with Gasteiger partial charge in [-0.3, -0.25) is 9.59 Å². The highest BCUT2D eigenvalue weighted by atomic mass is 32.2. The van der Waals surface area contributed by atoms with Crippen molar-refractivity contribution in [3.05, 3.63) is 23.8 Å². The molecular formula is C22H33N3O4S. The summed E-state index contributed by atoms with van der Waals surface area (Å²) < 4.78 is 27.7. The van der Waals surface area contributed by atoms with E-state index in [1.165, 1.54) is 0 Å². The third-order valence-electron chi connectivity index (χ3n) is 6.04. The molecule has 1 unspecified atom stereocenters. The van der Waals surface area contributed by atoms with Gasteiger partial charge in [-0.2, -0.15) is 0 Å². The number of carbonyl (C=O) groups is 2. The molecule has 0 radical (unpaired) electrons. The summed E-state index contributed by atoms with van der Waals surface area (Å²) in [6.45, 7) is 5.87. The Labute approximate surface area is 179 Å². The molecule has 1 aromatic rings. The number of amides is 2. The van der Waals surface area contributed by atoms with Gasteiger partial charge in [-0.1, -0.05) is 19.8 Å². The fourth-order valence-corrected chi connectivity index (χ4v) is 5.42. The molecule has 8 heteroatoms. The van der Waals surface area contributed by atoms with Gasteiger partial charge >= 0.3 is 0 Å². The zero-order chi connectivity index (χ0) is 21.7. The van der Waals surface area contributed by atoms with Crippen molar-refractivity contribution < 1.29 is 18.0 Å². The maximum absolute atomic E-state index is 12.8. The molecule has 1 aromatic carbocycles. The third kappa shape index (κ3) is 5.40. The van der Waals surface area contributed by atoms with E-state index in [4.69, 9.17) is 0 Å². The summed E-state index contributed by atoms with van der Waals surface area (Å²) in [5, 5.41) is 0. The van der Waals surface area contributed by atoms with E-state index in [2.05, 4.69) is 4.72 Å². The van der Waals surface area contributed by atoms with Gasteiger partial charge in [0.2, 0.25) is 21.8 Å². The van der Waals surface area contributed by atoms with E-state index in [1.807, 2.05) is 18.7 Å². The van der Waals surface area contributed by atoms with Crippen molar-refractivity contribution in [2.45, 2.75) is 76.2 Å². The van der Waals surface area contributed by atoms with Gasteiger partial charge in [-0.15, -0.1) is 0 Å². The number of anilines is 1. The summed E-state index contributed by atoms with van der Waals surface area (Å²) in [4.78, 5) is 29.0. The molecule has 166 valence electrons. The molecule has 1 atom stereocenters. The molecule has 1 fully saturated rings. The summed E-state index contributed by atoms with van der Waals surface area (Å²) in [5.74, 6) is -0.0208. The molecule has 30 heavy (non-hydrogen) atoms. The van der Waals surface area contributed by atoms with Gasteiger partial charge in [0.1, 0.15) is 0 Å². The highest BCUT2D eigenvalue weighted by Crippen LogP contribution is 2.31. The SMILES string of the molecule is CCC(C)NS(=O)(=O)c1ccc2c(c1)CCN2C(=O)CCC(=O)N1CCCCCC1. The molecule has 7 nitrogen and oxygen atoms in total. The van der Waals surface area contributed by atoms with E-state index >= 15 is 0 Å². The van der Waals surface area contributed by atoms with Crippen molar-refractivity contribution in [2.75, 3.05) is 24.5 Å². The van der Waals surface area contributed by atoms with Gasteiger partial charge in [-0.05, 0) is 56.4 Å². The van der Waals surface area contributed by atoms with Crippen LogP contribution in [0.4, 0.5) is 5.69 Å². The fourth-order valence-electron chi connectivity index (χ4n) is 4.05. The van der Waals surface area contributed by atoms with Crippen LogP contribution >= 0.6 is 0 Å². The first-order valence-electron chi connectivity index (χ1n) is 11.0. The number of sulfonamides is 1. The van der Waals surface area contributed by atoms with Crippen LogP contribution in [0.15, 0.2) is 23.1 Å². The standard InChI is InChI=1S/C22H33N3O4S/c1-3-17(2)23-30(28,29)19-8-9-20-18(16-19)12-15-25(20)22(27)11-10-21(26)24-13-6-4-5-7-14-24/h8-9,16-17,23H,3-7,10-15H2,1-2H3. The Kier molecular flexibility index (Phi) is 7.52. The lowest BCUT2D eigenvalue weighted by Gasteiger charge is -2.21. The maximum Gasteiger partial charge on any atom is 0.240 e. The Morgan fingerprint density at radius 2 is 1.70 bits per heavy atom. The van der Waals surface area contributed by atoms with Crippen LogP contribution in [-0.4, -0.2) is 50.8 Å². The number of hydrogen-bond donors (Lipinski definition) is 1. The van der Waals surface area contributed by atoms with E-state index in [1.54, 1.807) is 23.1 Å². The summed E-state index contributed by atoms with van der Waals surface area (Å²) in [5.41, 5.74) is 1.61. The van der Waals surface area contributed by atoms with Crippen LogP contribution in [0.1, 0.15) is 64.4 Å². The van der Waals surface area contributed by atoms with Crippen molar-refractivity contribution in [1.82, 2.24) is 9.62 Å². The molecule has 0 bridgehead atoms. The number of rotatable bonds is 7. The highest BCUT2D eigenvalue weighted by molar-refractivity contribution is 7.89. The molecule has 0 saturated carbocycles. The summed E-state index contributed by atoms with van der Waals surface area (Å²) >= 11 is 0. The molecular weight excluding hydrogens is 402 g/mol. The third-order valence-corrected chi connectivity index (χ3v) is 7.63. The van der Waals surface area contributed by atoms with Crippen LogP contribution in [0.3, 0.4) is 0 Å². The topological polar surface area (TPSA) is 86.8 Å². The lowest BCUT2D eigenvalue weighted by atomic mass is 10.2. The second-order valence-corrected chi connectivity index (χ2v) is 10.0. The molecule has 2 amide bonds. The number of benzene rings is 1. The molecule has 2 aliphatic rings. The molecule has 1 N–H and O–H groups in total. The predicted octanol–water partition coefficient (Wildman–Crippen LogP) is 2.84. The minimum absolute atomic E-state index is 0.0576. The molecule has 3 rings (SSSR count). The molecule has 2 aliphatic heterocycles. The first-order chi connectivity index (χ1) is 14.3. The molecule has 0 aliphatic carbocycles. The van der Waals surface area contributed by atoms with Gasteiger partial charge in [0.15, 0.2) is 0 Å². The summed E-state index contributed by atoms with van der Waals surface area (Å²) in [6.07, 6.45) is 6.15. The van der Waals surface area contributed by atoms with Crippen molar-refractivity contribution >= 4 is 27.5 Å². The molecule has 0 spiro atoms. The number of nitrogens with one attached hydrogen (secondary N) is 1. The van der Waals surface area contributed by atoms with Crippen LogP contribution in [0.5, 0.6) is 0 Å². The van der Waals surface area contributed by atoms with E-state index in [0.29, 0.717) is 19.4 Å². The lowest BCUT2D eigenvalue weighted by Crippen LogP contribution is -2.34. The Bertz CT molecular complexity index is 876. The van der Waals surface area contributed by atoms with E-state index in [9.17, 15) is 18.0 Å². The average molecular weight is 436 g/mol. The molecule has 1 saturated heterocycles. The van der Waals surface area contributed by atoms with Crippen molar-refractivity contribution in [1.29, 1.82) is 0 Å². The molecule has 2 heterocycles. The quantitative estimate of drug-likeness (QED) is 0.713. The minimum Gasteiger partial charge on any atom is -0.343 e. The zero-order valence-corrected chi connectivity index (χ0v) is 18.8. The van der Waals surface area contributed by atoms with Crippen molar-refractivity contribution in [2.24, 2.45) is 0 Å². The van der Waals surface area contributed by atoms with Crippen molar-refractivity contribution in [3.63, 3.8) is 0 Å². The fraction of sp³-hybridized carbons (Fsp3) is 0.636. The van der Waals surface area contributed by atoms with Crippen LogP contribution in [0, 0.1) is 0 Å². The second-order valence-electron chi connectivity index (χ2n) is 8.31. The number of likely N-dealkylation sites (tertiary alicyclic amines) is 1. The van der Waals surface area contributed by atoms with Crippen LogP contribution in [0.25, 0.3) is 0 Å². The van der Waals surface area contributed by atoms with Crippen LogP contribution in [0.2, 0.25) is 0 Å². The first kappa shape index (κ1) is 22.7. The van der Waals surface area contributed by atoms with Crippen LogP contribution in [-0.2, 0) is 26.0 Å². The molecule has 0 aromatic heterocycles. The first-order valence-corrected chi connectivity index (χ1v) is 12.5. The number of fused-ring (bicyclic) bond motifs is 1. The van der Waals surface area contributed by atoms with E-state index in [0.717, 1.165) is 50.0 Å². The van der Waals surface area contributed by atoms with Gasteiger partial charge in [0.25, 0.3) is 0 Å². The largest absolute Gasteiger partial charge is 0.343 e. The Hall–Kier alpha value is -1.93. The summed E-state index contributed by atoms with van der Waals surface area (Å²) in [6, 6.07) is 4.79. The number of hydrogen-bond acceptors (Lipinski definition) is 4. The van der Waals surface area contributed by atoms with Gasteiger partial charge < -0.3 is 9.80 Å². The predicted molar refractivity (Wildman–Crippen MR) is 117 cm³/mol. The Morgan fingerprint density at radius 3 is 2.37 bits per heavy atom. The summed E-state index contributed by atoms with van der Waals surface area (Å²) in [7, 11) is -3.57. The number of carbonyl (C=O) groups excluding carboxylic acids is 2. The average Bonchev–Trinajstić information content (AvgIpc) is 2.96. The van der Waals surface area contributed by atoms with E-state index in [-0.39, 0.29) is 35.6 Å². The lowest BCUT2D eigenvalue weighted by molar-refractivity contribution is -0.133. The van der Waals surface area contributed by atoms with E-state index < -0.39 is 10.0 Å². The minimum atomic E-state index is -3.57.